The molecule has 2 saturated carbocycles. The molecule has 0 bridgehead atoms. The number of fused-ring (bicyclic) bond motifs is 1. The van der Waals surface area contributed by atoms with Gasteiger partial charge >= 0.3 is 0 Å². The number of benzene rings is 1. The van der Waals surface area contributed by atoms with E-state index in [0.717, 1.165) is 36.0 Å². The van der Waals surface area contributed by atoms with Crippen molar-refractivity contribution < 1.29 is 0 Å². The van der Waals surface area contributed by atoms with Crippen LogP contribution in [-0.2, 0) is 6.42 Å². The molecule has 194 valence electrons. The molecular formula is C36H50. The summed E-state index contributed by atoms with van der Waals surface area (Å²) in [6, 6.07) is 9.38. The lowest BCUT2D eigenvalue weighted by molar-refractivity contribution is 0.152. The van der Waals surface area contributed by atoms with Crippen LogP contribution in [0.4, 0.5) is 0 Å². The molecule has 36 heavy (non-hydrogen) atoms. The van der Waals surface area contributed by atoms with Gasteiger partial charge in [-0.2, -0.15) is 0 Å². The van der Waals surface area contributed by atoms with Crippen molar-refractivity contribution in [3.63, 3.8) is 0 Å². The zero-order valence-electron chi connectivity index (χ0n) is 24.0. The quantitative estimate of drug-likeness (QED) is 0.362. The Kier molecular flexibility index (Phi) is 7.81. The molecule has 0 N–H and O–H groups in total. The molecule has 2 fully saturated rings. The second-order valence-electron chi connectivity index (χ2n) is 12.7. The molecule has 0 aliphatic heterocycles. The summed E-state index contributed by atoms with van der Waals surface area (Å²) >= 11 is 0. The van der Waals surface area contributed by atoms with Crippen molar-refractivity contribution in [3.05, 3.63) is 75.4 Å². The fraction of sp³-hybridized carbons (Fsp3) is 0.611. The highest BCUT2D eigenvalue weighted by Gasteiger charge is 2.41. The lowest BCUT2D eigenvalue weighted by Crippen LogP contribution is -2.30. The summed E-state index contributed by atoms with van der Waals surface area (Å²) in [6.07, 6.45) is 18.4. The van der Waals surface area contributed by atoms with Crippen LogP contribution >= 0.6 is 0 Å². The van der Waals surface area contributed by atoms with Crippen molar-refractivity contribution in [2.75, 3.05) is 0 Å². The normalized spacial score (nSPS) is 31.4. The number of rotatable bonds is 7. The first-order valence-electron chi connectivity index (χ1n) is 15.4. The van der Waals surface area contributed by atoms with E-state index in [1.54, 1.807) is 33.4 Å². The van der Waals surface area contributed by atoms with Crippen LogP contribution in [0.1, 0.15) is 110 Å². The van der Waals surface area contributed by atoms with Gasteiger partial charge in [0.15, 0.2) is 0 Å². The van der Waals surface area contributed by atoms with E-state index in [4.69, 9.17) is 0 Å². The lowest BCUT2D eigenvalue weighted by atomic mass is 9.63. The minimum absolute atomic E-state index is 0.570. The van der Waals surface area contributed by atoms with Crippen LogP contribution in [0.15, 0.2) is 64.3 Å². The average molecular weight is 483 g/mol. The van der Waals surface area contributed by atoms with Gasteiger partial charge in [-0.15, -0.1) is 0 Å². The Morgan fingerprint density at radius 1 is 0.972 bits per heavy atom. The molecule has 1 aromatic carbocycles. The smallest absolute Gasteiger partial charge is 0.000787 e. The minimum atomic E-state index is 0.570. The lowest BCUT2D eigenvalue weighted by Gasteiger charge is -2.42. The molecule has 0 aromatic heterocycles. The molecule has 0 nitrogen and oxygen atoms in total. The molecule has 4 unspecified atom stereocenters. The Hall–Kier alpha value is -1.82. The van der Waals surface area contributed by atoms with Gasteiger partial charge < -0.3 is 0 Å². The van der Waals surface area contributed by atoms with Crippen LogP contribution in [0.5, 0.6) is 0 Å². The summed E-state index contributed by atoms with van der Waals surface area (Å²) in [5, 5.41) is 0. The highest BCUT2D eigenvalue weighted by Crippen LogP contribution is 2.54. The highest BCUT2D eigenvalue weighted by molar-refractivity contribution is 5.68. The largest absolute Gasteiger partial charge is 0.0735 e. The van der Waals surface area contributed by atoms with Crippen LogP contribution < -0.4 is 0 Å². The highest BCUT2D eigenvalue weighted by atomic mass is 14.5. The van der Waals surface area contributed by atoms with E-state index >= 15 is 0 Å². The van der Waals surface area contributed by atoms with Crippen molar-refractivity contribution in [1.82, 2.24) is 0 Å². The van der Waals surface area contributed by atoms with E-state index in [1.165, 1.54) is 68.9 Å². The number of aryl methyl sites for hydroxylation is 1. The number of allylic oxidation sites excluding steroid dienone is 8. The van der Waals surface area contributed by atoms with Crippen LogP contribution in [0.2, 0.25) is 0 Å². The van der Waals surface area contributed by atoms with Crippen molar-refractivity contribution in [3.8, 4) is 0 Å². The Balaban J connectivity index is 1.56. The zero-order valence-corrected chi connectivity index (χ0v) is 24.0. The molecule has 1 aromatic rings. The third kappa shape index (κ3) is 5.12. The van der Waals surface area contributed by atoms with Gasteiger partial charge in [0.05, 0.1) is 0 Å². The third-order valence-electron chi connectivity index (χ3n) is 10.5. The van der Waals surface area contributed by atoms with E-state index < -0.39 is 0 Å². The molecule has 4 aliphatic carbocycles. The minimum Gasteiger partial charge on any atom is -0.0735 e. The topological polar surface area (TPSA) is 0 Å². The Morgan fingerprint density at radius 3 is 2.42 bits per heavy atom. The molecular weight excluding hydrogens is 432 g/mol. The van der Waals surface area contributed by atoms with Crippen molar-refractivity contribution in [2.24, 2.45) is 35.5 Å². The number of hydrogen-bond donors (Lipinski definition) is 0. The van der Waals surface area contributed by atoms with E-state index in [-0.39, 0.29) is 0 Å². The Morgan fingerprint density at radius 2 is 1.75 bits per heavy atom. The second kappa shape index (κ2) is 10.9. The predicted molar refractivity (Wildman–Crippen MR) is 157 cm³/mol. The molecule has 0 heterocycles. The summed E-state index contributed by atoms with van der Waals surface area (Å²) < 4.78 is 0. The van der Waals surface area contributed by atoms with Gasteiger partial charge in [-0.3, -0.25) is 0 Å². The van der Waals surface area contributed by atoms with Crippen LogP contribution in [0.3, 0.4) is 0 Å². The average Bonchev–Trinajstić information content (AvgIpc) is 3.58. The predicted octanol–water partition coefficient (Wildman–Crippen LogP) is 10.5. The van der Waals surface area contributed by atoms with Gasteiger partial charge in [0.1, 0.15) is 0 Å². The summed E-state index contributed by atoms with van der Waals surface area (Å²) in [5.41, 5.74) is 13.2. The molecule has 0 saturated heterocycles. The number of hydrogen-bond acceptors (Lipinski definition) is 0. The van der Waals surface area contributed by atoms with Crippen LogP contribution in [0.25, 0.3) is 5.57 Å². The summed E-state index contributed by atoms with van der Waals surface area (Å²) in [4.78, 5) is 0. The van der Waals surface area contributed by atoms with Crippen molar-refractivity contribution in [2.45, 2.75) is 106 Å². The van der Waals surface area contributed by atoms with Crippen molar-refractivity contribution in [1.29, 1.82) is 0 Å². The molecule has 4 aliphatic rings. The second-order valence-corrected chi connectivity index (χ2v) is 12.7. The van der Waals surface area contributed by atoms with E-state index in [0.29, 0.717) is 5.92 Å². The van der Waals surface area contributed by atoms with Gasteiger partial charge in [0.25, 0.3) is 0 Å². The van der Waals surface area contributed by atoms with E-state index in [9.17, 15) is 0 Å². The Labute approximate surface area is 222 Å². The van der Waals surface area contributed by atoms with Crippen LogP contribution in [-0.4, -0.2) is 0 Å². The van der Waals surface area contributed by atoms with E-state index in [2.05, 4.69) is 78.0 Å². The van der Waals surface area contributed by atoms with Gasteiger partial charge in [-0.1, -0.05) is 94.2 Å². The van der Waals surface area contributed by atoms with Gasteiger partial charge in [-0.05, 0) is 128 Å². The van der Waals surface area contributed by atoms with Crippen LogP contribution in [0, 0.1) is 35.5 Å². The maximum absolute atomic E-state index is 2.75. The van der Waals surface area contributed by atoms with Gasteiger partial charge in [0, 0.05) is 0 Å². The first-order chi connectivity index (χ1) is 17.4. The zero-order chi connectivity index (χ0) is 25.4. The first-order valence-corrected chi connectivity index (χ1v) is 15.4. The maximum Gasteiger partial charge on any atom is -0.000787 e. The van der Waals surface area contributed by atoms with Crippen molar-refractivity contribution >= 4 is 5.57 Å². The fourth-order valence-corrected chi connectivity index (χ4v) is 7.42. The first kappa shape index (κ1) is 25.8. The molecule has 0 amide bonds. The standard InChI is InChI=1S/C36H50/c1-7-23(4)31-20-32(21-31)30-15-16-33-24(5)13-14-29(28-12-10-11-26(8-2)18-28)19-27(9-3)36(35(33)22-30)34-17-25(34)6/h10-12,18-19,22-23,25,27,31-32,34H,7-9,13-17,20-21H2,1-6H3. The SMILES string of the molecule is CCc1cccc(C2=CC(CC)C(C3CC3C)=C3C=C(C4CC(C(C)CC)C4)CCC3=C(C)CC2)c1. The molecule has 0 radical (unpaired) electrons. The Bertz CT molecular complexity index is 1080. The molecule has 5 rings (SSSR count). The summed E-state index contributed by atoms with van der Waals surface area (Å²) in [5.74, 6) is 4.92. The van der Waals surface area contributed by atoms with Gasteiger partial charge in [0.2, 0.25) is 0 Å². The monoisotopic (exact) mass is 482 g/mol. The van der Waals surface area contributed by atoms with E-state index in [1.807, 2.05) is 0 Å². The fourth-order valence-electron chi connectivity index (χ4n) is 7.42. The molecule has 0 spiro atoms. The molecule has 4 atom stereocenters. The summed E-state index contributed by atoms with van der Waals surface area (Å²) in [7, 11) is 0. The summed E-state index contributed by atoms with van der Waals surface area (Å²) in [6.45, 7) is 14.5. The van der Waals surface area contributed by atoms with Gasteiger partial charge in [-0.25, -0.2) is 0 Å². The third-order valence-corrected chi connectivity index (χ3v) is 10.5. The maximum atomic E-state index is 2.75. The molecule has 0 heteroatoms.